The van der Waals surface area contributed by atoms with E-state index in [-0.39, 0.29) is 23.9 Å². The Bertz CT molecular complexity index is 1290. The second-order valence-electron chi connectivity index (χ2n) is 9.83. The van der Waals surface area contributed by atoms with Gasteiger partial charge in [-0.05, 0) is 69.2 Å². The van der Waals surface area contributed by atoms with Crippen molar-refractivity contribution < 1.29 is 9.59 Å². The molecule has 1 aliphatic heterocycles. The van der Waals surface area contributed by atoms with Gasteiger partial charge in [0.2, 0.25) is 5.91 Å². The molecule has 0 spiro atoms. The predicted molar refractivity (Wildman–Crippen MR) is 136 cm³/mol. The summed E-state index contributed by atoms with van der Waals surface area (Å²) in [5.41, 5.74) is 10.8. The van der Waals surface area contributed by atoms with E-state index in [1.54, 1.807) is 18.2 Å². The van der Waals surface area contributed by atoms with Crippen LogP contribution in [0.4, 0.5) is 5.69 Å². The van der Waals surface area contributed by atoms with Crippen LogP contribution in [0.1, 0.15) is 84.7 Å². The van der Waals surface area contributed by atoms with Gasteiger partial charge in [0, 0.05) is 42.7 Å². The molecule has 2 fully saturated rings. The molecular formula is C26H31ClN6O2. The summed E-state index contributed by atoms with van der Waals surface area (Å²) in [6.07, 6.45) is 7.83. The highest BCUT2D eigenvalue weighted by Gasteiger charge is 2.32. The van der Waals surface area contributed by atoms with Crippen LogP contribution in [0, 0.1) is 6.92 Å². The number of hydrogen-bond acceptors (Lipinski definition) is 5. The summed E-state index contributed by atoms with van der Waals surface area (Å²) in [6.45, 7) is 4.11. The van der Waals surface area contributed by atoms with Crippen molar-refractivity contribution >= 4 is 34.7 Å². The third-order valence-electron chi connectivity index (χ3n) is 7.18. The van der Waals surface area contributed by atoms with Crippen molar-refractivity contribution in [2.24, 2.45) is 5.73 Å². The van der Waals surface area contributed by atoms with Crippen molar-refractivity contribution in [1.82, 2.24) is 19.5 Å². The lowest BCUT2D eigenvalue weighted by Gasteiger charge is -2.35. The molecule has 2 aliphatic rings. The van der Waals surface area contributed by atoms with Gasteiger partial charge in [0.1, 0.15) is 0 Å². The van der Waals surface area contributed by atoms with Crippen LogP contribution in [0.25, 0.3) is 5.65 Å². The molecule has 3 N–H and O–H groups in total. The molecule has 0 radical (unpaired) electrons. The van der Waals surface area contributed by atoms with Gasteiger partial charge in [0.25, 0.3) is 5.91 Å². The monoisotopic (exact) mass is 494 g/mol. The molecular weight excluding hydrogens is 464 g/mol. The lowest BCUT2D eigenvalue weighted by Crippen LogP contribution is -2.39. The maximum absolute atomic E-state index is 13.7. The number of amides is 2. The molecule has 5 rings (SSSR count). The third-order valence-corrected chi connectivity index (χ3v) is 7.41. The number of anilines is 1. The Kier molecular flexibility index (Phi) is 6.51. The van der Waals surface area contributed by atoms with Gasteiger partial charge >= 0.3 is 0 Å². The lowest BCUT2D eigenvalue weighted by atomic mass is 9.97. The summed E-state index contributed by atoms with van der Waals surface area (Å²) in [5, 5.41) is 8.04. The Balaban J connectivity index is 1.48. The number of nitrogens with two attached hydrogens (primary N) is 1. The van der Waals surface area contributed by atoms with E-state index >= 15 is 0 Å². The lowest BCUT2D eigenvalue weighted by molar-refractivity contribution is -0.114. The number of halogens is 1. The highest BCUT2D eigenvalue weighted by molar-refractivity contribution is 6.31. The quantitative estimate of drug-likeness (QED) is 0.550. The summed E-state index contributed by atoms with van der Waals surface area (Å²) in [5.74, 6) is -0.0173. The fourth-order valence-corrected chi connectivity index (χ4v) is 5.68. The second kappa shape index (κ2) is 9.59. The number of piperidine rings is 1. The second-order valence-corrected chi connectivity index (χ2v) is 10.3. The van der Waals surface area contributed by atoms with E-state index in [0.29, 0.717) is 28.7 Å². The topological polar surface area (TPSA) is 106 Å². The molecule has 8 nitrogen and oxygen atoms in total. The van der Waals surface area contributed by atoms with Gasteiger partial charge < -0.3 is 16.0 Å². The number of likely N-dealkylation sites (tertiary alicyclic amines) is 1. The first-order chi connectivity index (χ1) is 16.8. The number of nitrogens with zero attached hydrogens (tertiary/aromatic N) is 4. The molecule has 3 atom stereocenters. The zero-order chi connectivity index (χ0) is 24.7. The Morgan fingerprint density at radius 3 is 2.74 bits per heavy atom. The number of benzene rings is 1. The van der Waals surface area contributed by atoms with Crippen molar-refractivity contribution in [3.05, 3.63) is 58.0 Å². The fourth-order valence-electron chi connectivity index (χ4n) is 5.51. The molecule has 1 saturated carbocycles. The van der Waals surface area contributed by atoms with Crippen LogP contribution in [-0.2, 0) is 4.79 Å². The van der Waals surface area contributed by atoms with Crippen LogP contribution < -0.4 is 11.1 Å². The van der Waals surface area contributed by atoms with Crippen molar-refractivity contribution in [1.29, 1.82) is 0 Å². The molecule has 0 bridgehead atoms. The van der Waals surface area contributed by atoms with E-state index < -0.39 is 0 Å². The molecule has 9 heteroatoms. The zero-order valence-electron chi connectivity index (χ0n) is 20.1. The zero-order valence-corrected chi connectivity index (χ0v) is 20.9. The average molecular weight is 495 g/mol. The molecule has 1 unspecified atom stereocenters. The molecule has 1 aromatic carbocycles. The third kappa shape index (κ3) is 4.77. The first-order valence-corrected chi connectivity index (χ1v) is 12.7. The van der Waals surface area contributed by atoms with E-state index in [1.165, 1.54) is 6.92 Å². The summed E-state index contributed by atoms with van der Waals surface area (Å²) in [4.78, 5) is 32.2. The molecule has 35 heavy (non-hydrogen) atoms. The Hall–Kier alpha value is -2.97. The largest absolute Gasteiger partial charge is 0.330 e. The average Bonchev–Trinajstić information content (AvgIpc) is 3.44. The smallest absolute Gasteiger partial charge is 0.256 e. The number of carbonyl (C=O) groups is 2. The summed E-state index contributed by atoms with van der Waals surface area (Å²) < 4.78 is 1.82. The van der Waals surface area contributed by atoms with Gasteiger partial charge in [-0.2, -0.15) is 5.10 Å². The van der Waals surface area contributed by atoms with E-state index in [1.807, 2.05) is 21.7 Å². The Morgan fingerprint density at radius 2 is 2.00 bits per heavy atom. The van der Waals surface area contributed by atoms with Gasteiger partial charge in [-0.1, -0.05) is 11.6 Å². The SMILES string of the molecule is CC(=O)Nc1ccc(Cl)cc1C(=O)N1CCCC[C@H]1c1cc2nc(C3CC[C@H](N)C3)c(C)cn2n1. The minimum Gasteiger partial charge on any atom is -0.330 e. The fraction of sp³-hybridized carbons (Fsp3) is 0.462. The van der Waals surface area contributed by atoms with Gasteiger partial charge in [-0.25, -0.2) is 9.50 Å². The van der Waals surface area contributed by atoms with Crippen LogP contribution in [0.5, 0.6) is 0 Å². The minimum absolute atomic E-state index is 0.164. The van der Waals surface area contributed by atoms with E-state index in [0.717, 1.165) is 61.1 Å². The normalized spacial score (nSPS) is 22.5. The minimum atomic E-state index is -0.239. The summed E-state index contributed by atoms with van der Waals surface area (Å²) in [7, 11) is 0. The number of nitrogens with one attached hydrogen (secondary N) is 1. The summed E-state index contributed by atoms with van der Waals surface area (Å²) >= 11 is 6.22. The standard InChI is InChI=1S/C26H31ClN6O2/c1-15-14-33-24(30-25(15)17-6-8-19(28)11-17)13-22(31-33)23-5-3-4-10-32(23)26(35)20-12-18(27)7-9-21(20)29-16(2)34/h7,9,12-14,17,19,23H,3-6,8,10-11,28H2,1-2H3,(H,29,34)/t17?,19-,23-/m0/s1. The number of rotatable bonds is 4. The van der Waals surface area contributed by atoms with Gasteiger partial charge in [0.05, 0.1) is 28.7 Å². The van der Waals surface area contributed by atoms with Crippen LogP contribution in [0.3, 0.4) is 0 Å². The van der Waals surface area contributed by atoms with E-state index in [4.69, 9.17) is 27.4 Å². The van der Waals surface area contributed by atoms with Gasteiger partial charge in [-0.3, -0.25) is 9.59 Å². The van der Waals surface area contributed by atoms with E-state index in [9.17, 15) is 9.59 Å². The number of hydrogen-bond donors (Lipinski definition) is 2. The van der Waals surface area contributed by atoms with Crippen LogP contribution in [0.15, 0.2) is 30.5 Å². The first kappa shape index (κ1) is 23.8. The van der Waals surface area contributed by atoms with Gasteiger partial charge in [0.15, 0.2) is 5.65 Å². The summed E-state index contributed by atoms with van der Waals surface area (Å²) in [6, 6.07) is 7.03. The molecule has 3 aromatic rings. The van der Waals surface area contributed by atoms with Crippen LogP contribution in [0.2, 0.25) is 5.02 Å². The molecule has 184 valence electrons. The van der Waals surface area contributed by atoms with Crippen molar-refractivity contribution in [3.63, 3.8) is 0 Å². The van der Waals surface area contributed by atoms with Crippen molar-refractivity contribution in [2.45, 2.75) is 70.4 Å². The highest BCUT2D eigenvalue weighted by atomic mass is 35.5. The Labute approximate surface area is 209 Å². The van der Waals surface area contributed by atoms with Gasteiger partial charge in [-0.15, -0.1) is 0 Å². The maximum atomic E-state index is 13.7. The van der Waals surface area contributed by atoms with Crippen molar-refractivity contribution in [2.75, 3.05) is 11.9 Å². The number of aryl methyl sites for hydroxylation is 1. The Morgan fingerprint density at radius 1 is 1.17 bits per heavy atom. The van der Waals surface area contributed by atoms with Crippen molar-refractivity contribution in [3.8, 4) is 0 Å². The highest BCUT2D eigenvalue weighted by Crippen LogP contribution is 2.36. The molecule has 1 aliphatic carbocycles. The van der Waals surface area contributed by atoms with Crippen LogP contribution >= 0.6 is 11.6 Å². The number of aromatic nitrogens is 3. The van der Waals surface area contributed by atoms with E-state index in [2.05, 4.69) is 12.2 Å². The molecule has 2 aromatic heterocycles. The molecule has 3 heterocycles. The number of carbonyl (C=O) groups excluding carboxylic acids is 2. The first-order valence-electron chi connectivity index (χ1n) is 12.3. The number of fused-ring (bicyclic) bond motifs is 1. The molecule has 1 saturated heterocycles. The predicted octanol–water partition coefficient (Wildman–Crippen LogP) is 4.61. The molecule has 2 amide bonds. The maximum Gasteiger partial charge on any atom is 0.256 e. The van der Waals surface area contributed by atoms with Crippen LogP contribution in [-0.4, -0.2) is 43.9 Å².